The number of phenolic OH excluding ortho intramolecular Hbond substituents is 2. The van der Waals surface area contributed by atoms with E-state index in [4.69, 9.17) is 19.7 Å². The molecule has 0 amide bonds. The number of hydrogen-bond donors (Lipinski definition) is 2. The molecular formula is C14H17NaO5. The van der Waals surface area contributed by atoms with Gasteiger partial charge in [0.1, 0.15) is 0 Å². The molecule has 0 aliphatic rings. The molecule has 5 nitrogen and oxygen atoms in total. The summed E-state index contributed by atoms with van der Waals surface area (Å²) in [6, 6.07) is 13.7. The number of phenols is 2. The molecule has 2 aromatic rings. The number of rotatable bonds is 2. The van der Waals surface area contributed by atoms with Gasteiger partial charge in [0.25, 0.3) is 0 Å². The van der Waals surface area contributed by atoms with Crippen LogP contribution >= 0.6 is 0 Å². The zero-order valence-electron chi connectivity index (χ0n) is 11.8. The molecular weight excluding hydrogens is 271 g/mol. The predicted molar refractivity (Wildman–Crippen MR) is 71.3 cm³/mol. The van der Waals surface area contributed by atoms with Crippen LogP contribution in [0, 0.1) is 0 Å². The first-order valence-corrected chi connectivity index (χ1v) is 5.33. The molecule has 0 atom stereocenters. The van der Waals surface area contributed by atoms with Crippen LogP contribution in [0.4, 0.5) is 0 Å². The molecule has 0 fully saturated rings. The Morgan fingerprint density at radius 3 is 1.20 bits per heavy atom. The summed E-state index contributed by atoms with van der Waals surface area (Å²) in [6.45, 7) is 0. The monoisotopic (exact) mass is 288 g/mol. The maximum absolute atomic E-state index is 8.99. The van der Waals surface area contributed by atoms with Crippen LogP contribution in [0.2, 0.25) is 0 Å². The second kappa shape index (κ2) is 11.4. The summed E-state index contributed by atoms with van der Waals surface area (Å²) >= 11 is 0. The van der Waals surface area contributed by atoms with Crippen molar-refractivity contribution in [2.45, 2.75) is 0 Å². The van der Waals surface area contributed by atoms with E-state index < -0.39 is 0 Å². The van der Waals surface area contributed by atoms with Gasteiger partial charge in [0, 0.05) is 0 Å². The number of para-hydroxylation sites is 4. The van der Waals surface area contributed by atoms with Gasteiger partial charge in [-0.25, -0.2) is 0 Å². The fourth-order valence-corrected chi connectivity index (χ4v) is 1.26. The molecule has 0 spiro atoms. The van der Waals surface area contributed by atoms with Crippen LogP contribution in [0.5, 0.6) is 23.0 Å². The molecule has 0 heterocycles. The Hall–Kier alpha value is -1.40. The second-order valence-corrected chi connectivity index (χ2v) is 3.34. The molecule has 2 rings (SSSR count). The van der Waals surface area contributed by atoms with E-state index in [1.165, 1.54) is 14.2 Å². The van der Waals surface area contributed by atoms with Crippen molar-refractivity contribution in [3.8, 4) is 23.0 Å². The van der Waals surface area contributed by atoms with E-state index >= 15 is 0 Å². The van der Waals surface area contributed by atoms with Gasteiger partial charge in [-0.05, 0) is 24.3 Å². The molecule has 0 bridgehead atoms. The van der Waals surface area contributed by atoms with Crippen LogP contribution in [0.15, 0.2) is 48.5 Å². The fourth-order valence-electron chi connectivity index (χ4n) is 1.26. The van der Waals surface area contributed by atoms with E-state index in [0.29, 0.717) is 11.5 Å². The van der Waals surface area contributed by atoms with E-state index in [-0.39, 0.29) is 46.5 Å². The molecule has 0 unspecified atom stereocenters. The molecule has 0 aliphatic heterocycles. The van der Waals surface area contributed by atoms with Crippen LogP contribution in [0.25, 0.3) is 0 Å². The maximum Gasteiger partial charge on any atom is 1.00 e. The van der Waals surface area contributed by atoms with Crippen molar-refractivity contribution in [3.05, 3.63) is 48.5 Å². The van der Waals surface area contributed by atoms with Gasteiger partial charge in [-0.1, -0.05) is 24.3 Å². The van der Waals surface area contributed by atoms with E-state index in [9.17, 15) is 0 Å². The maximum atomic E-state index is 8.99. The summed E-state index contributed by atoms with van der Waals surface area (Å²) < 4.78 is 9.59. The van der Waals surface area contributed by atoms with Gasteiger partial charge in [0.15, 0.2) is 23.0 Å². The summed E-state index contributed by atoms with van der Waals surface area (Å²) in [5.74, 6) is 1.38. The standard InChI is InChI=1S/2C7H8O2.Na.H2O/c2*1-9-7-5-3-2-4-6(7)8;;/h2*2-5,8H,1H3;;1H2/q;;+1;/p-1. The second-order valence-electron chi connectivity index (χ2n) is 3.34. The van der Waals surface area contributed by atoms with E-state index in [1.807, 2.05) is 0 Å². The van der Waals surface area contributed by atoms with Crippen LogP contribution in [0.1, 0.15) is 0 Å². The SMILES string of the molecule is COc1ccccc1O.COc1ccccc1O.[Na+].[OH-]. The first-order chi connectivity index (χ1) is 8.69. The number of ether oxygens (including phenoxy) is 2. The van der Waals surface area contributed by atoms with Crippen molar-refractivity contribution < 1.29 is 54.7 Å². The Kier molecular flexibility index (Phi) is 11.9. The Morgan fingerprint density at radius 2 is 1.00 bits per heavy atom. The van der Waals surface area contributed by atoms with Gasteiger partial charge < -0.3 is 25.2 Å². The number of aromatic hydroxyl groups is 2. The van der Waals surface area contributed by atoms with E-state index in [1.54, 1.807) is 48.5 Å². The third-order valence-corrected chi connectivity index (χ3v) is 2.17. The average molecular weight is 288 g/mol. The smallest absolute Gasteiger partial charge is 0.870 e. The van der Waals surface area contributed by atoms with Crippen LogP contribution in [-0.4, -0.2) is 29.9 Å². The molecule has 0 aliphatic carbocycles. The van der Waals surface area contributed by atoms with Crippen molar-refractivity contribution in [2.75, 3.05) is 14.2 Å². The van der Waals surface area contributed by atoms with Crippen molar-refractivity contribution in [1.29, 1.82) is 0 Å². The predicted octanol–water partition coefficient (Wildman–Crippen LogP) is -0.371. The van der Waals surface area contributed by atoms with Crippen molar-refractivity contribution in [1.82, 2.24) is 0 Å². The minimum Gasteiger partial charge on any atom is -0.870 e. The zero-order chi connectivity index (χ0) is 13.4. The van der Waals surface area contributed by atoms with Crippen molar-refractivity contribution in [3.63, 3.8) is 0 Å². The summed E-state index contributed by atoms with van der Waals surface area (Å²) in [5.41, 5.74) is 0. The molecule has 2 aromatic carbocycles. The Morgan fingerprint density at radius 1 is 0.700 bits per heavy atom. The first-order valence-electron chi connectivity index (χ1n) is 5.33. The van der Waals surface area contributed by atoms with Crippen LogP contribution in [-0.2, 0) is 0 Å². The third kappa shape index (κ3) is 6.68. The molecule has 0 aromatic heterocycles. The summed E-state index contributed by atoms with van der Waals surface area (Å²) in [7, 11) is 3.05. The molecule has 3 N–H and O–H groups in total. The zero-order valence-corrected chi connectivity index (χ0v) is 13.8. The molecule has 0 saturated carbocycles. The normalized spacial score (nSPS) is 8.10. The largest absolute Gasteiger partial charge is 1.00 e. The van der Waals surface area contributed by atoms with Gasteiger partial charge in [0.2, 0.25) is 0 Å². The molecule has 0 radical (unpaired) electrons. The average Bonchev–Trinajstić information content (AvgIpc) is 2.41. The Bertz CT molecular complexity index is 445. The quantitative estimate of drug-likeness (QED) is 0.736. The number of benzene rings is 2. The number of methoxy groups -OCH3 is 2. The van der Waals surface area contributed by atoms with Gasteiger partial charge >= 0.3 is 29.6 Å². The Balaban J connectivity index is 0. The van der Waals surface area contributed by atoms with Gasteiger partial charge in [-0.3, -0.25) is 0 Å². The molecule has 0 saturated heterocycles. The minimum atomic E-state index is 0. The van der Waals surface area contributed by atoms with Gasteiger partial charge in [-0.2, -0.15) is 0 Å². The summed E-state index contributed by atoms with van der Waals surface area (Å²) in [6.07, 6.45) is 0. The Labute approximate surface area is 140 Å². The number of hydrogen-bond acceptors (Lipinski definition) is 5. The van der Waals surface area contributed by atoms with Crippen molar-refractivity contribution in [2.24, 2.45) is 0 Å². The molecule has 104 valence electrons. The fraction of sp³-hybridized carbons (Fsp3) is 0.143. The molecule has 6 heteroatoms. The van der Waals surface area contributed by atoms with E-state index in [0.717, 1.165) is 0 Å². The summed E-state index contributed by atoms with van der Waals surface area (Å²) in [5, 5.41) is 18.0. The first kappa shape index (κ1) is 20.9. The van der Waals surface area contributed by atoms with Gasteiger partial charge in [-0.15, -0.1) is 0 Å². The van der Waals surface area contributed by atoms with Crippen LogP contribution < -0.4 is 39.0 Å². The topological polar surface area (TPSA) is 88.9 Å². The molecule has 20 heavy (non-hydrogen) atoms. The minimum absolute atomic E-state index is 0. The van der Waals surface area contributed by atoms with Crippen molar-refractivity contribution >= 4 is 0 Å². The third-order valence-electron chi connectivity index (χ3n) is 2.17. The van der Waals surface area contributed by atoms with Crippen LogP contribution in [0.3, 0.4) is 0 Å². The van der Waals surface area contributed by atoms with E-state index in [2.05, 4.69) is 0 Å². The van der Waals surface area contributed by atoms with Gasteiger partial charge in [0.05, 0.1) is 14.2 Å². The summed E-state index contributed by atoms with van der Waals surface area (Å²) in [4.78, 5) is 0.